The van der Waals surface area contributed by atoms with Gasteiger partial charge in [0.1, 0.15) is 17.3 Å². The molecule has 1 N–H and O–H groups in total. The van der Waals surface area contributed by atoms with E-state index in [1.165, 1.54) is 37.7 Å². The van der Waals surface area contributed by atoms with Crippen LogP contribution in [0.25, 0.3) is 11.3 Å². The van der Waals surface area contributed by atoms with Crippen molar-refractivity contribution in [3.63, 3.8) is 0 Å². The summed E-state index contributed by atoms with van der Waals surface area (Å²) in [5, 5.41) is 4.91. The Hall–Kier alpha value is -2.93. The van der Waals surface area contributed by atoms with Gasteiger partial charge in [-0.1, -0.05) is 12.1 Å². The Morgan fingerprint density at radius 1 is 1.16 bits per heavy atom. The molecule has 0 aliphatic carbocycles. The van der Waals surface area contributed by atoms with E-state index >= 15 is 0 Å². The Kier molecular flexibility index (Phi) is 4.95. The topological polar surface area (TPSA) is 60.5 Å². The summed E-state index contributed by atoms with van der Waals surface area (Å²) in [4.78, 5) is 16.8. The third-order valence-corrected chi connectivity index (χ3v) is 4.26. The van der Waals surface area contributed by atoms with Gasteiger partial charge in [-0.25, -0.2) is 9.37 Å². The lowest BCUT2D eigenvalue weighted by Gasteiger charge is -2.09. The number of nitrogens with zero attached hydrogens (tertiary/aromatic N) is 1. The molecular formula is C18H15FN2O3S. The molecule has 0 unspecified atom stereocenters. The second-order valence-corrected chi connectivity index (χ2v) is 5.93. The van der Waals surface area contributed by atoms with Crippen molar-refractivity contribution in [2.24, 2.45) is 0 Å². The van der Waals surface area contributed by atoms with Gasteiger partial charge in [0, 0.05) is 17.0 Å². The maximum Gasteiger partial charge on any atom is 0.261 e. The molecule has 0 atom stereocenters. The highest BCUT2D eigenvalue weighted by atomic mass is 32.1. The molecule has 128 valence electrons. The predicted molar refractivity (Wildman–Crippen MR) is 95.0 cm³/mol. The lowest BCUT2D eigenvalue weighted by Crippen LogP contribution is -2.13. The first-order valence-corrected chi connectivity index (χ1v) is 8.23. The van der Waals surface area contributed by atoms with E-state index < -0.39 is 0 Å². The van der Waals surface area contributed by atoms with Crippen molar-refractivity contribution in [3.05, 3.63) is 59.2 Å². The summed E-state index contributed by atoms with van der Waals surface area (Å²) in [6.45, 7) is 0. The number of anilines is 1. The van der Waals surface area contributed by atoms with Crippen LogP contribution < -0.4 is 14.8 Å². The lowest BCUT2D eigenvalue weighted by molar-refractivity contribution is 0.102. The number of ether oxygens (including phenoxy) is 2. The normalized spacial score (nSPS) is 10.4. The van der Waals surface area contributed by atoms with Gasteiger partial charge >= 0.3 is 0 Å². The number of carbonyl (C=O) groups excluding carboxylic acids is 1. The predicted octanol–water partition coefficient (Wildman–Crippen LogP) is 4.22. The summed E-state index contributed by atoms with van der Waals surface area (Å²) in [6, 6.07) is 11.1. The van der Waals surface area contributed by atoms with Gasteiger partial charge in [0.25, 0.3) is 5.91 Å². The molecule has 0 saturated carbocycles. The number of thiazole rings is 1. The van der Waals surface area contributed by atoms with E-state index in [2.05, 4.69) is 10.3 Å². The molecule has 0 aliphatic heterocycles. The molecule has 1 heterocycles. The van der Waals surface area contributed by atoms with Crippen molar-refractivity contribution in [2.75, 3.05) is 19.5 Å². The van der Waals surface area contributed by atoms with Gasteiger partial charge in [0.2, 0.25) is 0 Å². The largest absolute Gasteiger partial charge is 0.497 e. The van der Waals surface area contributed by atoms with E-state index in [9.17, 15) is 9.18 Å². The number of halogens is 1. The average Bonchev–Trinajstić information content (AvgIpc) is 3.09. The summed E-state index contributed by atoms with van der Waals surface area (Å²) in [7, 11) is 3.02. The highest BCUT2D eigenvalue weighted by molar-refractivity contribution is 7.14. The molecule has 0 spiro atoms. The van der Waals surface area contributed by atoms with Crippen LogP contribution in [-0.4, -0.2) is 25.1 Å². The molecule has 0 bridgehead atoms. The summed E-state index contributed by atoms with van der Waals surface area (Å²) < 4.78 is 23.7. The lowest BCUT2D eigenvalue weighted by atomic mass is 10.2. The van der Waals surface area contributed by atoms with Crippen LogP contribution in [-0.2, 0) is 0 Å². The number of rotatable bonds is 5. The molecule has 1 amide bonds. The molecule has 1 aromatic heterocycles. The zero-order chi connectivity index (χ0) is 17.8. The Labute approximate surface area is 148 Å². The second-order valence-electron chi connectivity index (χ2n) is 5.07. The van der Waals surface area contributed by atoms with E-state index in [1.807, 2.05) is 0 Å². The van der Waals surface area contributed by atoms with Crippen LogP contribution in [0.2, 0.25) is 0 Å². The molecular weight excluding hydrogens is 343 g/mol. The fourth-order valence-corrected chi connectivity index (χ4v) is 2.98. The van der Waals surface area contributed by atoms with Crippen molar-refractivity contribution >= 4 is 22.4 Å². The van der Waals surface area contributed by atoms with Crippen molar-refractivity contribution in [1.29, 1.82) is 0 Å². The first-order chi connectivity index (χ1) is 12.1. The van der Waals surface area contributed by atoms with Crippen LogP contribution in [0.5, 0.6) is 11.5 Å². The van der Waals surface area contributed by atoms with E-state index in [1.54, 1.807) is 35.7 Å². The molecule has 3 rings (SSSR count). The standard InChI is InChI=1S/C18H15FN2O3S/c1-23-13-6-7-14(16(9-13)24-2)17(22)21-18-20-15(10-25-18)11-4-3-5-12(19)8-11/h3-10H,1-2H3,(H,20,21,22). The highest BCUT2D eigenvalue weighted by Gasteiger charge is 2.15. The number of hydrogen-bond donors (Lipinski definition) is 1. The Morgan fingerprint density at radius 3 is 2.72 bits per heavy atom. The Morgan fingerprint density at radius 2 is 2.00 bits per heavy atom. The van der Waals surface area contributed by atoms with Crippen molar-refractivity contribution in [3.8, 4) is 22.8 Å². The maximum absolute atomic E-state index is 13.3. The van der Waals surface area contributed by atoms with Gasteiger partial charge in [-0.3, -0.25) is 10.1 Å². The summed E-state index contributed by atoms with van der Waals surface area (Å²) >= 11 is 1.26. The fraction of sp³-hybridized carbons (Fsp3) is 0.111. The van der Waals surface area contributed by atoms with Crippen LogP contribution >= 0.6 is 11.3 Å². The van der Waals surface area contributed by atoms with Gasteiger partial charge in [0.05, 0.1) is 25.5 Å². The molecule has 25 heavy (non-hydrogen) atoms. The van der Waals surface area contributed by atoms with E-state index in [4.69, 9.17) is 9.47 Å². The zero-order valence-corrected chi connectivity index (χ0v) is 14.4. The number of amides is 1. The molecule has 0 fully saturated rings. The number of aromatic nitrogens is 1. The van der Waals surface area contributed by atoms with E-state index in [0.717, 1.165) is 0 Å². The monoisotopic (exact) mass is 358 g/mol. The number of carbonyl (C=O) groups is 1. The molecule has 0 radical (unpaired) electrons. The molecule has 0 saturated heterocycles. The zero-order valence-electron chi connectivity index (χ0n) is 13.6. The highest BCUT2D eigenvalue weighted by Crippen LogP contribution is 2.28. The average molecular weight is 358 g/mol. The quantitative estimate of drug-likeness (QED) is 0.742. The van der Waals surface area contributed by atoms with Crippen LogP contribution in [0.1, 0.15) is 10.4 Å². The Bertz CT molecular complexity index is 911. The summed E-state index contributed by atoms with van der Waals surface area (Å²) in [5.41, 5.74) is 1.62. The molecule has 0 aliphatic rings. The number of methoxy groups -OCH3 is 2. The van der Waals surface area contributed by atoms with Crippen LogP contribution in [0.3, 0.4) is 0 Å². The third-order valence-electron chi connectivity index (χ3n) is 3.50. The fourth-order valence-electron chi connectivity index (χ4n) is 2.26. The van der Waals surface area contributed by atoms with Crippen molar-refractivity contribution in [1.82, 2.24) is 4.98 Å². The van der Waals surface area contributed by atoms with Gasteiger partial charge < -0.3 is 9.47 Å². The van der Waals surface area contributed by atoms with Crippen LogP contribution in [0, 0.1) is 5.82 Å². The van der Waals surface area contributed by atoms with Crippen molar-refractivity contribution in [2.45, 2.75) is 0 Å². The van der Waals surface area contributed by atoms with Gasteiger partial charge in [0.15, 0.2) is 5.13 Å². The Balaban J connectivity index is 1.80. The minimum Gasteiger partial charge on any atom is -0.497 e. The third kappa shape index (κ3) is 3.77. The molecule has 2 aromatic carbocycles. The van der Waals surface area contributed by atoms with Gasteiger partial charge in [-0.15, -0.1) is 11.3 Å². The minimum atomic E-state index is -0.348. The summed E-state index contributed by atoms with van der Waals surface area (Å²) in [5.74, 6) is 0.313. The number of hydrogen-bond acceptors (Lipinski definition) is 5. The molecule has 3 aromatic rings. The second kappa shape index (κ2) is 7.31. The molecule has 7 heteroatoms. The number of benzene rings is 2. The van der Waals surface area contributed by atoms with Gasteiger partial charge in [-0.05, 0) is 24.3 Å². The SMILES string of the molecule is COc1ccc(C(=O)Nc2nc(-c3cccc(F)c3)cs2)c(OC)c1. The van der Waals surface area contributed by atoms with Gasteiger partial charge in [-0.2, -0.15) is 0 Å². The first-order valence-electron chi connectivity index (χ1n) is 7.35. The minimum absolute atomic E-state index is 0.334. The van der Waals surface area contributed by atoms with E-state index in [-0.39, 0.29) is 11.7 Å². The smallest absolute Gasteiger partial charge is 0.261 e. The summed E-state index contributed by atoms with van der Waals surface area (Å²) in [6.07, 6.45) is 0. The number of nitrogens with one attached hydrogen (secondary N) is 1. The van der Waals surface area contributed by atoms with Crippen molar-refractivity contribution < 1.29 is 18.7 Å². The van der Waals surface area contributed by atoms with Crippen LogP contribution in [0.15, 0.2) is 47.8 Å². The van der Waals surface area contributed by atoms with E-state index in [0.29, 0.717) is 33.5 Å². The maximum atomic E-state index is 13.3. The molecule has 5 nitrogen and oxygen atoms in total. The first kappa shape index (κ1) is 16.9. The van der Waals surface area contributed by atoms with Crippen LogP contribution in [0.4, 0.5) is 9.52 Å².